The van der Waals surface area contributed by atoms with E-state index in [1.807, 2.05) is 0 Å². The molecule has 2 N–H and O–H groups in total. The van der Waals surface area contributed by atoms with E-state index in [1.54, 1.807) is 13.8 Å². The van der Waals surface area contributed by atoms with Gasteiger partial charge < -0.3 is 19.9 Å². The van der Waals surface area contributed by atoms with E-state index in [9.17, 15) is 19.5 Å². The smallest absolute Gasteiger partial charge is 0.339 e. The number of aliphatic hydroxyl groups excluding tert-OH is 1. The van der Waals surface area contributed by atoms with E-state index in [-0.39, 0.29) is 25.4 Å². The van der Waals surface area contributed by atoms with Crippen LogP contribution in [0.2, 0.25) is 0 Å². The van der Waals surface area contributed by atoms with Gasteiger partial charge in [-0.05, 0) is 13.3 Å². The normalized spacial score (nSPS) is 36.1. The number of carbonyl (C=O) groups excluding carboxylic acids is 3. The lowest BCUT2D eigenvalue weighted by molar-refractivity contribution is -0.219. The Bertz CT molecular complexity index is 436. The van der Waals surface area contributed by atoms with Crippen molar-refractivity contribution >= 4 is 17.8 Å². The maximum atomic E-state index is 11.9. The molecule has 1 radical (unpaired) electrons. The van der Waals surface area contributed by atoms with Crippen molar-refractivity contribution in [2.45, 2.75) is 37.8 Å². The zero-order valence-corrected chi connectivity index (χ0v) is 10.8. The van der Waals surface area contributed by atoms with Gasteiger partial charge in [-0.3, -0.25) is 9.59 Å². The van der Waals surface area contributed by atoms with E-state index in [1.165, 1.54) is 0 Å². The van der Waals surface area contributed by atoms with Gasteiger partial charge in [0.25, 0.3) is 0 Å². The lowest BCUT2D eigenvalue weighted by atomic mass is 9.71. The summed E-state index contributed by atoms with van der Waals surface area (Å²) in [6.45, 7) is 3.98. The van der Waals surface area contributed by atoms with Gasteiger partial charge in [0.1, 0.15) is 6.61 Å². The van der Waals surface area contributed by atoms with Crippen LogP contribution in [0.1, 0.15) is 26.7 Å². The highest BCUT2D eigenvalue weighted by Crippen LogP contribution is 2.50. The molecule has 2 aliphatic heterocycles. The molecule has 0 aliphatic carbocycles. The first kappa shape index (κ1) is 13.8. The summed E-state index contributed by atoms with van der Waals surface area (Å²) >= 11 is 0. The van der Waals surface area contributed by atoms with Crippen LogP contribution in [0.15, 0.2) is 0 Å². The zero-order chi connectivity index (χ0) is 14.3. The number of ether oxygens (including phenoxy) is 2. The average molecular weight is 270 g/mol. The third-order valence-electron chi connectivity index (χ3n) is 3.86. The second-order valence-electron chi connectivity index (χ2n) is 4.84. The van der Waals surface area contributed by atoms with Crippen LogP contribution in [0.3, 0.4) is 0 Å². The Morgan fingerprint density at radius 3 is 2.74 bits per heavy atom. The molecule has 105 valence electrons. The first-order chi connectivity index (χ1) is 8.91. The highest BCUT2D eigenvalue weighted by atomic mass is 16.6. The fourth-order valence-electron chi connectivity index (χ4n) is 2.57. The third kappa shape index (κ3) is 1.72. The largest absolute Gasteiger partial charge is 0.466 e. The van der Waals surface area contributed by atoms with Crippen molar-refractivity contribution in [3.8, 4) is 0 Å². The van der Waals surface area contributed by atoms with Gasteiger partial charge in [0.15, 0.2) is 5.60 Å². The summed E-state index contributed by atoms with van der Waals surface area (Å²) in [4.78, 5) is 34.4. The number of hydrogen-bond acceptors (Lipinski definition) is 6. The van der Waals surface area contributed by atoms with Gasteiger partial charge in [-0.15, -0.1) is 0 Å². The van der Waals surface area contributed by atoms with E-state index in [4.69, 9.17) is 9.47 Å². The number of rotatable bonds is 5. The molecule has 2 saturated heterocycles. The fourth-order valence-corrected chi connectivity index (χ4v) is 2.57. The van der Waals surface area contributed by atoms with Crippen molar-refractivity contribution in [3.63, 3.8) is 0 Å². The highest BCUT2D eigenvalue weighted by molar-refractivity contribution is 6.02. The molecule has 1 amide bonds. The van der Waals surface area contributed by atoms with Crippen LogP contribution in [0.5, 0.6) is 0 Å². The number of carbonyl (C=O) groups is 3. The quantitative estimate of drug-likeness (QED) is 0.663. The minimum absolute atomic E-state index is 0.0689. The molecule has 2 heterocycles. The monoisotopic (exact) mass is 270 g/mol. The van der Waals surface area contributed by atoms with Gasteiger partial charge in [-0.1, -0.05) is 6.92 Å². The highest BCUT2D eigenvalue weighted by Gasteiger charge is 2.76. The number of aliphatic hydroxyl groups is 1. The maximum Gasteiger partial charge on any atom is 0.339 e. The van der Waals surface area contributed by atoms with Crippen molar-refractivity contribution in [2.75, 3.05) is 6.61 Å². The van der Waals surface area contributed by atoms with E-state index in [2.05, 4.69) is 5.32 Å². The molecular formula is C12H16NO6. The molecule has 7 nitrogen and oxygen atoms in total. The zero-order valence-electron chi connectivity index (χ0n) is 10.8. The Kier molecular flexibility index (Phi) is 3.25. The SMILES string of the molecule is CCC(=O)OCC[C@H]1C(=O)N[C@@]2([CH]O)C(=O)O[C@@]12C. The maximum absolute atomic E-state index is 11.9. The van der Waals surface area contributed by atoms with Crippen LogP contribution in [0, 0.1) is 12.5 Å². The molecule has 0 bridgehead atoms. The van der Waals surface area contributed by atoms with E-state index >= 15 is 0 Å². The molecular weight excluding hydrogens is 254 g/mol. The summed E-state index contributed by atoms with van der Waals surface area (Å²) < 4.78 is 9.97. The van der Waals surface area contributed by atoms with E-state index < -0.39 is 28.9 Å². The van der Waals surface area contributed by atoms with Gasteiger partial charge in [0.05, 0.1) is 12.5 Å². The predicted molar refractivity (Wildman–Crippen MR) is 61.0 cm³/mol. The number of amides is 1. The molecule has 0 aromatic rings. The summed E-state index contributed by atoms with van der Waals surface area (Å²) in [6.07, 6.45) is 0.494. The molecule has 3 atom stereocenters. The summed E-state index contributed by atoms with van der Waals surface area (Å²) in [5.41, 5.74) is -2.60. The molecule has 0 saturated carbocycles. The molecule has 7 heteroatoms. The predicted octanol–water partition coefficient (Wildman–Crippen LogP) is -0.336. The standard InChI is InChI=1S/C12H16NO6/c1-3-8(15)18-5-4-7-9(16)13-12(6-14)10(17)19-11(7,12)2/h6-7,14H,3-5H2,1-2H3,(H,13,16)/t7-,11-,12-/m0/s1. The molecule has 19 heavy (non-hydrogen) atoms. The Morgan fingerprint density at radius 2 is 2.26 bits per heavy atom. The number of nitrogens with one attached hydrogen (secondary N) is 1. The number of hydrogen-bond donors (Lipinski definition) is 2. The Morgan fingerprint density at radius 1 is 1.58 bits per heavy atom. The summed E-state index contributed by atoms with van der Waals surface area (Å²) in [5, 5.41) is 11.7. The van der Waals surface area contributed by atoms with E-state index in [0.717, 1.165) is 0 Å². The first-order valence-electron chi connectivity index (χ1n) is 6.11. The van der Waals surface area contributed by atoms with Crippen molar-refractivity contribution in [3.05, 3.63) is 6.61 Å². The van der Waals surface area contributed by atoms with Crippen molar-refractivity contribution in [1.29, 1.82) is 0 Å². The molecule has 0 unspecified atom stereocenters. The van der Waals surface area contributed by atoms with Crippen molar-refractivity contribution < 1.29 is 29.0 Å². The fraction of sp³-hybridized carbons (Fsp3) is 0.667. The van der Waals surface area contributed by atoms with Crippen LogP contribution in [-0.2, 0) is 23.9 Å². The van der Waals surface area contributed by atoms with Crippen molar-refractivity contribution in [2.24, 2.45) is 5.92 Å². The summed E-state index contributed by atoms with van der Waals surface area (Å²) in [6, 6.07) is 0. The van der Waals surface area contributed by atoms with Gasteiger partial charge >= 0.3 is 11.9 Å². The number of fused-ring (bicyclic) bond motifs is 1. The lowest BCUT2D eigenvalue weighted by Crippen LogP contribution is -2.74. The van der Waals surface area contributed by atoms with Gasteiger partial charge in [-0.25, -0.2) is 4.79 Å². The summed E-state index contributed by atoms with van der Waals surface area (Å²) in [5.74, 6) is -2.09. The minimum atomic E-state index is -1.47. The molecule has 0 aromatic carbocycles. The van der Waals surface area contributed by atoms with Crippen LogP contribution >= 0.6 is 0 Å². The molecule has 2 rings (SSSR count). The Balaban J connectivity index is 2.04. The lowest BCUT2D eigenvalue weighted by Gasteiger charge is -2.49. The van der Waals surface area contributed by atoms with Gasteiger partial charge in [-0.2, -0.15) is 0 Å². The average Bonchev–Trinajstić information content (AvgIpc) is 2.55. The third-order valence-corrected chi connectivity index (χ3v) is 3.86. The molecule has 0 spiro atoms. The Hall–Kier alpha value is -1.63. The van der Waals surface area contributed by atoms with Gasteiger partial charge in [0, 0.05) is 6.42 Å². The van der Waals surface area contributed by atoms with Crippen LogP contribution in [0.4, 0.5) is 0 Å². The van der Waals surface area contributed by atoms with Crippen molar-refractivity contribution in [1.82, 2.24) is 5.32 Å². The number of esters is 2. The van der Waals surface area contributed by atoms with Crippen LogP contribution in [-0.4, -0.2) is 40.7 Å². The second-order valence-corrected chi connectivity index (χ2v) is 4.84. The topological polar surface area (TPSA) is 102 Å². The Labute approximate surface area is 110 Å². The van der Waals surface area contributed by atoms with Crippen LogP contribution < -0.4 is 5.32 Å². The van der Waals surface area contributed by atoms with Gasteiger partial charge in [0.2, 0.25) is 11.4 Å². The van der Waals surface area contributed by atoms with Crippen LogP contribution in [0.25, 0.3) is 0 Å². The molecule has 2 fully saturated rings. The van der Waals surface area contributed by atoms with E-state index in [0.29, 0.717) is 6.61 Å². The summed E-state index contributed by atoms with van der Waals surface area (Å²) in [7, 11) is 0. The molecule has 0 aromatic heterocycles. The first-order valence-corrected chi connectivity index (χ1v) is 6.11. The molecule has 2 aliphatic rings. The minimum Gasteiger partial charge on any atom is -0.466 e. The second kappa shape index (κ2) is 4.48.